The third kappa shape index (κ3) is 4.30. The number of halogens is 1. The summed E-state index contributed by atoms with van der Waals surface area (Å²) in [5, 5.41) is 3.14. The van der Waals surface area contributed by atoms with Crippen molar-refractivity contribution < 1.29 is 13.2 Å². The van der Waals surface area contributed by atoms with Crippen molar-refractivity contribution in [2.24, 2.45) is 0 Å². The number of nitrogens with one attached hydrogen (secondary N) is 1. The Morgan fingerprint density at radius 2 is 1.63 bits per heavy atom. The molecule has 0 fully saturated rings. The van der Waals surface area contributed by atoms with Gasteiger partial charge in [0.25, 0.3) is 15.9 Å². The lowest BCUT2D eigenvalue weighted by Crippen LogP contribution is -2.26. The van der Waals surface area contributed by atoms with Gasteiger partial charge in [0.15, 0.2) is 0 Å². The van der Waals surface area contributed by atoms with Gasteiger partial charge in [-0.15, -0.1) is 0 Å². The molecule has 0 saturated carbocycles. The summed E-state index contributed by atoms with van der Waals surface area (Å²) in [6.45, 7) is 0. The van der Waals surface area contributed by atoms with Gasteiger partial charge >= 0.3 is 0 Å². The zero-order valence-corrected chi connectivity index (χ0v) is 16.0. The van der Waals surface area contributed by atoms with E-state index < -0.39 is 10.0 Å². The molecule has 0 unspecified atom stereocenters. The third-order valence-electron chi connectivity index (χ3n) is 3.96. The molecule has 0 bridgehead atoms. The van der Waals surface area contributed by atoms with Crippen molar-refractivity contribution in [2.45, 2.75) is 4.90 Å². The summed E-state index contributed by atoms with van der Waals surface area (Å²) in [5.41, 5.74) is 1.31. The summed E-state index contributed by atoms with van der Waals surface area (Å²) in [4.78, 5) is 12.4. The fourth-order valence-electron chi connectivity index (χ4n) is 2.50. The number of para-hydroxylation sites is 1. The van der Waals surface area contributed by atoms with E-state index in [4.69, 9.17) is 11.6 Å². The average Bonchev–Trinajstić information content (AvgIpc) is 2.68. The van der Waals surface area contributed by atoms with Gasteiger partial charge < -0.3 is 5.32 Å². The van der Waals surface area contributed by atoms with Gasteiger partial charge in [0.2, 0.25) is 0 Å². The lowest BCUT2D eigenvalue weighted by molar-refractivity contribution is 0.102. The number of carbonyl (C=O) groups is 1. The monoisotopic (exact) mass is 400 g/mol. The topological polar surface area (TPSA) is 66.5 Å². The van der Waals surface area contributed by atoms with Gasteiger partial charge in [-0.2, -0.15) is 0 Å². The molecule has 0 heterocycles. The number of benzene rings is 3. The Hall–Kier alpha value is -2.83. The molecule has 0 atom stereocenters. The highest BCUT2D eigenvalue weighted by molar-refractivity contribution is 7.92. The molecule has 0 saturated heterocycles. The van der Waals surface area contributed by atoms with Gasteiger partial charge in [-0.1, -0.05) is 41.9 Å². The number of nitrogens with zero attached hydrogens (tertiary/aromatic N) is 1. The Morgan fingerprint density at radius 3 is 2.33 bits per heavy atom. The van der Waals surface area contributed by atoms with Crippen molar-refractivity contribution in [1.29, 1.82) is 0 Å². The largest absolute Gasteiger partial charge is 0.322 e. The van der Waals surface area contributed by atoms with Gasteiger partial charge in [-0.05, 0) is 48.5 Å². The molecule has 3 aromatic rings. The third-order valence-corrected chi connectivity index (χ3v) is 5.97. The predicted molar refractivity (Wildman–Crippen MR) is 108 cm³/mol. The highest BCUT2D eigenvalue weighted by atomic mass is 35.5. The van der Waals surface area contributed by atoms with Crippen LogP contribution in [0.2, 0.25) is 5.02 Å². The van der Waals surface area contributed by atoms with Crippen LogP contribution in [0.1, 0.15) is 10.4 Å². The van der Waals surface area contributed by atoms with E-state index in [1.54, 1.807) is 60.7 Å². The fraction of sp³-hybridized carbons (Fsp3) is 0.0500. The Balaban J connectivity index is 1.86. The highest BCUT2D eigenvalue weighted by Crippen LogP contribution is 2.24. The molecule has 3 aromatic carbocycles. The first kappa shape index (κ1) is 18.9. The lowest BCUT2D eigenvalue weighted by Gasteiger charge is -2.19. The van der Waals surface area contributed by atoms with Gasteiger partial charge in [-0.25, -0.2) is 8.42 Å². The van der Waals surface area contributed by atoms with E-state index in [1.807, 2.05) is 6.07 Å². The van der Waals surface area contributed by atoms with Gasteiger partial charge in [0, 0.05) is 23.3 Å². The summed E-state index contributed by atoms with van der Waals surface area (Å²) in [6, 6.07) is 21.4. The van der Waals surface area contributed by atoms with Crippen LogP contribution in [0.4, 0.5) is 11.4 Å². The molecular weight excluding hydrogens is 384 g/mol. The molecular formula is C20H17ClN2O3S. The average molecular weight is 401 g/mol. The van der Waals surface area contributed by atoms with Crippen LogP contribution in [0, 0.1) is 0 Å². The molecule has 0 aliphatic heterocycles. The first-order valence-corrected chi connectivity index (χ1v) is 9.91. The Kier molecular flexibility index (Phi) is 5.48. The number of hydrogen-bond acceptors (Lipinski definition) is 3. The first-order valence-electron chi connectivity index (χ1n) is 8.09. The van der Waals surface area contributed by atoms with Crippen molar-refractivity contribution in [3.8, 4) is 0 Å². The van der Waals surface area contributed by atoms with Crippen molar-refractivity contribution >= 4 is 38.9 Å². The van der Waals surface area contributed by atoms with Crippen molar-refractivity contribution in [3.63, 3.8) is 0 Å². The molecule has 7 heteroatoms. The number of sulfonamides is 1. The predicted octanol–water partition coefficient (Wildman–Crippen LogP) is 4.42. The van der Waals surface area contributed by atoms with Crippen LogP contribution in [-0.4, -0.2) is 21.4 Å². The maximum absolute atomic E-state index is 12.9. The van der Waals surface area contributed by atoms with E-state index in [1.165, 1.54) is 23.5 Å². The molecule has 0 spiro atoms. The number of rotatable bonds is 5. The second kappa shape index (κ2) is 7.82. The second-order valence-corrected chi connectivity index (χ2v) is 8.21. The quantitative estimate of drug-likeness (QED) is 0.689. The van der Waals surface area contributed by atoms with Crippen molar-refractivity contribution in [1.82, 2.24) is 0 Å². The van der Waals surface area contributed by atoms with Crippen LogP contribution in [0.25, 0.3) is 0 Å². The van der Waals surface area contributed by atoms with Crippen LogP contribution in [-0.2, 0) is 10.0 Å². The Morgan fingerprint density at radius 1 is 0.926 bits per heavy atom. The first-order chi connectivity index (χ1) is 12.9. The minimum atomic E-state index is -3.76. The zero-order valence-electron chi connectivity index (χ0n) is 14.5. The van der Waals surface area contributed by atoms with E-state index in [-0.39, 0.29) is 10.8 Å². The van der Waals surface area contributed by atoms with Crippen molar-refractivity contribution in [3.05, 3.63) is 89.4 Å². The Bertz CT molecular complexity index is 1070. The zero-order chi connectivity index (χ0) is 19.4. The van der Waals surface area contributed by atoms with E-state index in [0.717, 1.165) is 0 Å². The molecule has 0 radical (unpaired) electrons. The standard InChI is InChI=1S/C20H17ClN2O3S/c1-23(18-10-3-2-4-11-18)27(25,26)19-12-6-9-17(14-19)22-20(24)15-7-5-8-16(21)13-15/h2-14H,1H3,(H,22,24). The van der Waals surface area contributed by atoms with Gasteiger partial charge in [0.1, 0.15) is 0 Å². The lowest BCUT2D eigenvalue weighted by atomic mass is 10.2. The molecule has 0 aliphatic rings. The number of hydrogen-bond donors (Lipinski definition) is 1. The molecule has 5 nitrogen and oxygen atoms in total. The summed E-state index contributed by atoms with van der Waals surface area (Å²) < 4.78 is 27.0. The number of amides is 1. The van der Waals surface area contributed by atoms with Crippen LogP contribution in [0.3, 0.4) is 0 Å². The molecule has 138 valence electrons. The minimum Gasteiger partial charge on any atom is -0.322 e. The fourth-order valence-corrected chi connectivity index (χ4v) is 3.93. The molecule has 1 amide bonds. The van der Waals surface area contributed by atoms with Crippen LogP contribution < -0.4 is 9.62 Å². The van der Waals surface area contributed by atoms with Gasteiger partial charge in [-0.3, -0.25) is 9.10 Å². The SMILES string of the molecule is CN(c1ccccc1)S(=O)(=O)c1cccc(NC(=O)c2cccc(Cl)c2)c1. The normalized spacial score (nSPS) is 11.0. The smallest absolute Gasteiger partial charge is 0.264 e. The highest BCUT2D eigenvalue weighted by Gasteiger charge is 2.21. The van der Waals surface area contributed by atoms with E-state index >= 15 is 0 Å². The summed E-state index contributed by atoms with van der Waals surface area (Å²) in [5.74, 6) is -0.372. The number of carbonyl (C=O) groups excluding carboxylic acids is 1. The van der Waals surface area contributed by atoms with Crippen LogP contribution >= 0.6 is 11.6 Å². The number of anilines is 2. The summed E-state index contributed by atoms with van der Waals surface area (Å²) in [7, 11) is -2.27. The molecule has 3 rings (SSSR count). The van der Waals surface area contributed by atoms with E-state index in [2.05, 4.69) is 5.32 Å². The van der Waals surface area contributed by atoms with E-state index in [9.17, 15) is 13.2 Å². The van der Waals surface area contributed by atoms with Crippen LogP contribution in [0.15, 0.2) is 83.8 Å². The van der Waals surface area contributed by atoms with E-state index in [0.29, 0.717) is 22.0 Å². The minimum absolute atomic E-state index is 0.0812. The molecule has 0 aromatic heterocycles. The van der Waals surface area contributed by atoms with Crippen molar-refractivity contribution in [2.75, 3.05) is 16.7 Å². The van der Waals surface area contributed by atoms with Gasteiger partial charge in [0.05, 0.1) is 10.6 Å². The van der Waals surface area contributed by atoms with Crippen LogP contribution in [0.5, 0.6) is 0 Å². The second-order valence-electron chi connectivity index (χ2n) is 5.80. The molecule has 0 aliphatic carbocycles. The molecule has 1 N–H and O–H groups in total. The maximum Gasteiger partial charge on any atom is 0.264 e. The summed E-state index contributed by atoms with van der Waals surface area (Å²) in [6.07, 6.45) is 0. The summed E-state index contributed by atoms with van der Waals surface area (Å²) >= 11 is 5.91. The Labute approximate surface area is 163 Å². The molecule has 27 heavy (non-hydrogen) atoms. The maximum atomic E-state index is 12.9.